The fourth-order valence-corrected chi connectivity index (χ4v) is 6.80. The molecule has 0 saturated carbocycles. The topological polar surface area (TPSA) is 77.5 Å². The Balaban J connectivity index is 1.60. The summed E-state index contributed by atoms with van der Waals surface area (Å²) in [7, 11) is 0. The Morgan fingerprint density at radius 2 is 1.03 bits per heavy atom. The van der Waals surface area contributed by atoms with Crippen molar-refractivity contribution in [3.63, 3.8) is 0 Å². The van der Waals surface area contributed by atoms with Crippen molar-refractivity contribution >= 4 is 23.1 Å². The van der Waals surface area contributed by atoms with Crippen LogP contribution in [-0.4, -0.2) is 28.7 Å². The van der Waals surface area contributed by atoms with Crippen LogP contribution in [0.2, 0.25) is 0 Å². The lowest BCUT2D eigenvalue weighted by Crippen LogP contribution is -2.51. The van der Waals surface area contributed by atoms with Crippen LogP contribution in [-0.2, 0) is 4.74 Å². The summed E-state index contributed by atoms with van der Waals surface area (Å²) in [6.07, 6.45) is -1.15. The molecule has 38 heavy (non-hydrogen) atoms. The minimum atomic E-state index is -2.06. The number of Topliss-reactive ketones (excluding diaryl/α,β-unsaturated/α-hetero) is 4. The molecule has 5 nitrogen and oxygen atoms in total. The van der Waals surface area contributed by atoms with Crippen molar-refractivity contribution < 1.29 is 23.9 Å². The zero-order valence-corrected chi connectivity index (χ0v) is 20.5. The molecule has 1 aliphatic heterocycles. The number of ether oxygens (including phenoxy) is 1. The predicted octanol–water partition coefficient (Wildman–Crippen LogP) is 5.73. The standard InChI is InChI=1S/C33H22O5/c1-19-10-9-13-21(18-19)26-32(27(34)22-14-5-6-15-23(22)28(32)35)31(20-11-3-2-4-12-20)38-33(26)29(36)24-16-7-8-17-25(24)30(33)37/h2-18,26,31H,1H3/t26-,31-/m1/s1. The SMILES string of the molecule is Cc1cccc([C@H]2C3(O[C@H](c4ccccc4)C24C(=O)c2ccccc2C4=O)C(=O)c2ccccc2C3=O)c1. The first kappa shape index (κ1) is 22.7. The third-order valence-corrected chi connectivity index (χ3v) is 8.32. The van der Waals surface area contributed by atoms with Gasteiger partial charge in [0.25, 0.3) is 0 Å². The number of benzene rings is 4. The Morgan fingerprint density at radius 3 is 1.55 bits per heavy atom. The number of carbonyl (C=O) groups is 4. The van der Waals surface area contributed by atoms with Crippen molar-refractivity contribution in [3.8, 4) is 0 Å². The molecule has 4 aromatic carbocycles. The van der Waals surface area contributed by atoms with Gasteiger partial charge in [0.05, 0.1) is 5.92 Å². The molecule has 1 saturated heterocycles. The van der Waals surface area contributed by atoms with Crippen LogP contribution >= 0.6 is 0 Å². The minimum absolute atomic E-state index is 0.245. The highest BCUT2D eigenvalue weighted by Gasteiger charge is 2.79. The summed E-state index contributed by atoms with van der Waals surface area (Å²) in [5.74, 6) is -3.04. The normalized spacial score (nSPS) is 22.3. The monoisotopic (exact) mass is 498 g/mol. The molecule has 1 fully saturated rings. The molecule has 4 aromatic rings. The molecular weight excluding hydrogens is 476 g/mol. The maximum Gasteiger partial charge on any atom is 0.204 e. The van der Waals surface area contributed by atoms with E-state index < -0.39 is 46.2 Å². The highest BCUT2D eigenvalue weighted by Crippen LogP contribution is 2.67. The third kappa shape index (κ3) is 2.59. The van der Waals surface area contributed by atoms with Crippen LogP contribution in [0.5, 0.6) is 0 Å². The van der Waals surface area contributed by atoms with Gasteiger partial charge >= 0.3 is 0 Å². The maximum atomic E-state index is 14.6. The second-order valence-electron chi connectivity index (χ2n) is 10.3. The summed E-state index contributed by atoms with van der Waals surface area (Å²) in [6, 6.07) is 29.6. The Labute approximate surface area is 219 Å². The fourth-order valence-electron chi connectivity index (χ4n) is 6.80. The van der Waals surface area contributed by atoms with Crippen LogP contribution in [0.15, 0.2) is 103 Å². The van der Waals surface area contributed by atoms with E-state index in [-0.39, 0.29) is 22.3 Å². The second-order valence-corrected chi connectivity index (χ2v) is 10.3. The number of carbonyl (C=O) groups excluding carboxylic acids is 4. The summed E-state index contributed by atoms with van der Waals surface area (Å²) in [6.45, 7) is 1.90. The highest BCUT2D eigenvalue weighted by molar-refractivity contribution is 6.37. The number of ketones is 4. The average Bonchev–Trinajstić information content (AvgIpc) is 3.48. The van der Waals surface area contributed by atoms with Crippen molar-refractivity contribution in [1.29, 1.82) is 0 Å². The van der Waals surface area contributed by atoms with Gasteiger partial charge in [-0.25, -0.2) is 0 Å². The number of rotatable bonds is 2. The lowest BCUT2D eigenvalue weighted by Gasteiger charge is -2.34. The van der Waals surface area contributed by atoms with E-state index in [1.54, 1.807) is 78.9 Å². The molecule has 2 atom stereocenters. The van der Waals surface area contributed by atoms with E-state index in [0.29, 0.717) is 11.1 Å². The number of hydrogen-bond acceptors (Lipinski definition) is 5. The first-order valence-corrected chi connectivity index (χ1v) is 12.6. The van der Waals surface area contributed by atoms with Crippen LogP contribution in [0.1, 0.15) is 70.1 Å². The van der Waals surface area contributed by atoms with E-state index >= 15 is 0 Å². The zero-order valence-electron chi connectivity index (χ0n) is 20.5. The largest absolute Gasteiger partial charge is 0.348 e. The van der Waals surface area contributed by atoms with Gasteiger partial charge in [0.2, 0.25) is 17.2 Å². The van der Waals surface area contributed by atoms with E-state index in [1.165, 1.54) is 0 Å². The smallest absolute Gasteiger partial charge is 0.204 e. The van der Waals surface area contributed by atoms with Gasteiger partial charge in [0.15, 0.2) is 11.6 Å². The lowest BCUT2D eigenvalue weighted by molar-refractivity contribution is -0.0210. The Hall–Kier alpha value is -4.48. The first-order chi connectivity index (χ1) is 18.4. The molecule has 1 heterocycles. The summed E-state index contributed by atoms with van der Waals surface area (Å²) in [4.78, 5) is 57.8. The Morgan fingerprint density at radius 1 is 0.553 bits per heavy atom. The van der Waals surface area contributed by atoms with E-state index in [2.05, 4.69) is 0 Å². The summed E-state index contributed by atoms with van der Waals surface area (Å²) in [5.41, 5.74) is -0.859. The van der Waals surface area contributed by atoms with Gasteiger partial charge in [0, 0.05) is 22.3 Å². The molecular formula is C33H22O5. The number of hydrogen-bond donors (Lipinski definition) is 0. The summed E-state index contributed by atoms with van der Waals surface area (Å²) in [5, 5.41) is 0. The van der Waals surface area contributed by atoms with Gasteiger partial charge in [-0.2, -0.15) is 0 Å². The van der Waals surface area contributed by atoms with E-state index in [0.717, 1.165) is 5.56 Å². The zero-order chi connectivity index (χ0) is 26.2. The van der Waals surface area contributed by atoms with Crippen LogP contribution in [0.25, 0.3) is 0 Å². The molecule has 0 amide bonds. The molecule has 0 N–H and O–H groups in total. The van der Waals surface area contributed by atoms with Crippen LogP contribution < -0.4 is 0 Å². The Bertz CT molecular complexity index is 1630. The summed E-state index contributed by atoms with van der Waals surface area (Å²) < 4.78 is 6.68. The molecule has 3 aliphatic rings. The molecule has 5 heteroatoms. The van der Waals surface area contributed by atoms with Gasteiger partial charge in [-0.1, -0.05) is 109 Å². The molecule has 0 bridgehead atoms. The van der Waals surface area contributed by atoms with Crippen LogP contribution in [0.3, 0.4) is 0 Å². The third-order valence-electron chi connectivity index (χ3n) is 8.32. The molecule has 0 aromatic heterocycles. The predicted molar refractivity (Wildman–Crippen MR) is 140 cm³/mol. The molecule has 0 unspecified atom stereocenters. The Kier molecular flexibility index (Phi) is 4.64. The molecule has 7 rings (SSSR count). The van der Waals surface area contributed by atoms with Crippen LogP contribution in [0.4, 0.5) is 0 Å². The van der Waals surface area contributed by atoms with Gasteiger partial charge in [-0.3, -0.25) is 19.2 Å². The van der Waals surface area contributed by atoms with Gasteiger partial charge in [-0.05, 0) is 18.1 Å². The summed E-state index contributed by atoms with van der Waals surface area (Å²) >= 11 is 0. The quantitative estimate of drug-likeness (QED) is 0.330. The molecule has 2 aliphatic carbocycles. The van der Waals surface area contributed by atoms with Crippen molar-refractivity contribution in [1.82, 2.24) is 0 Å². The average molecular weight is 499 g/mol. The van der Waals surface area contributed by atoms with Crippen molar-refractivity contribution in [2.75, 3.05) is 0 Å². The number of fused-ring (bicyclic) bond motifs is 2. The highest BCUT2D eigenvalue weighted by atomic mass is 16.5. The molecule has 0 radical (unpaired) electrons. The second kappa shape index (κ2) is 7.76. The fraction of sp³-hybridized carbons (Fsp3) is 0.152. The van der Waals surface area contributed by atoms with Crippen LogP contribution in [0, 0.1) is 12.3 Å². The van der Waals surface area contributed by atoms with E-state index in [9.17, 15) is 19.2 Å². The number of aryl methyl sites for hydroxylation is 1. The maximum absolute atomic E-state index is 14.6. The van der Waals surface area contributed by atoms with Gasteiger partial charge in [-0.15, -0.1) is 0 Å². The van der Waals surface area contributed by atoms with Crippen molar-refractivity contribution in [2.24, 2.45) is 5.41 Å². The molecule has 2 spiro atoms. The molecule has 184 valence electrons. The lowest BCUT2D eigenvalue weighted by atomic mass is 9.59. The first-order valence-electron chi connectivity index (χ1n) is 12.6. The van der Waals surface area contributed by atoms with Gasteiger partial charge in [0.1, 0.15) is 11.5 Å². The van der Waals surface area contributed by atoms with Crippen molar-refractivity contribution in [2.45, 2.75) is 24.5 Å². The van der Waals surface area contributed by atoms with Crippen molar-refractivity contribution in [3.05, 3.63) is 142 Å². The minimum Gasteiger partial charge on any atom is -0.348 e. The van der Waals surface area contributed by atoms with E-state index in [1.807, 2.05) is 31.2 Å². The van der Waals surface area contributed by atoms with Gasteiger partial charge < -0.3 is 4.74 Å². The van der Waals surface area contributed by atoms with E-state index in [4.69, 9.17) is 4.74 Å².